The Bertz CT molecular complexity index is 233. The van der Waals surface area contributed by atoms with Gasteiger partial charge in [-0.3, -0.25) is 0 Å². The highest BCUT2D eigenvalue weighted by molar-refractivity contribution is 4.94. The molecule has 1 atom stereocenters. The van der Waals surface area contributed by atoms with Gasteiger partial charge in [0.1, 0.15) is 0 Å². The highest BCUT2D eigenvalue weighted by atomic mass is 16.5. The molecule has 0 bridgehead atoms. The summed E-state index contributed by atoms with van der Waals surface area (Å²) in [6.07, 6.45) is 6.10. The Morgan fingerprint density at radius 1 is 1.44 bits per heavy atom. The van der Waals surface area contributed by atoms with Crippen LogP contribution in [-0.2, 0) is 9.47 Å². The molecule has 94 valence electrons. The molecule has 0 aromatic heterocycles. The molecule has 0 aromatic carbocycles. The van der Waals surface area contributed by atoms with Gasteiger partial charge in [-0.2, -0.15) is 0 Å². The van der Waals surface area contributed by atoms with Gasteiger partial charge >= 0.3 is 0 Å². The lowest BCUT2D eigenvalue weighted by molar-refractivity contribution is -0.175. The summed E-state index contributed by atoms with van der Waals surface area (Å²) in [4.78, 5) is 0. The van der Waals surface area contributed by atoms with Crippen molar-refractivity contribution in [2.75, 3.05) is 19.8 Å². The van der Waals surface area contributed by atoms with E-state index in [1.165, 1.54) is 19.3 Å². The van der Waals surface area contributed by atoms with E-state index in [1.807, 2.05) is 13.8 Å². The zero-order chi connectivity index (χ0) is 11.6. The molecule has 1 aliphatic heterocycles. The maximum atomic E-state index is 9.18. The average molecular weight is 228 g/mol. The van der Waals surface area contributed by atoms with Gasteiger partial charge < -0.3 is 14.6 Å². The molecule has 1 spiro atoms. The predicted octanol–water partition coefficient (Wildman–Crippen LogP) is 2.12. The molecule has 2 fully saturated rings. The molecule has 1 N–H and O–H groups in total. The van der Waals surface area contributed by atoms with Crippen molar-refractivity contribution in [2.24, 2.45) is 5.41 Å². The summed E-state index contributed by atoms with van der Waals surface area (Å²) in [6.45, 7) is 5.73. The Morgan fingerprint density at radius 2 is 2.19 bits per heavy atom. The third-order valence-electron chi connectivity index (χ3n) is 3.85. The van der Waals surface area contributed by atoms with E-state index < -0.39 is 0 Å². The third-order valence-corrected chi connectivity index (χ3v) is 3.85. The zero-order valence-electron chi connectivity index (χ0n) is 10.5. The second-order valence-corrected chi connectivity index (χ2v) is 6.13. The SMILES string of the molecule is CC(C)(CO)COC1CCOC2(CCC2)C1. The third kappa shape index (κ3) is 2.76. The summed E-state index contributed by atoms with van der Waals surface area (Å²) < 4.78 is 11.8. The second kappa shape index (κ2) is 4.63. The molecule has 2 rings (SSSR count). The maximum Gasteiger partial charge on any atom is 0.0707 e. The van der Waals surface area contributed by atoms with Crippen LogP contribution in [0.4, 0.5) is 0 Å². The topological polar surface area (TPSA) is 38.7 Å². The molecule has 1 saturated heterocycles. The molecule has 1 unspecified atom stereocenters. The van der Waals surface area contributed by atoms with E-state index in [9.17, 15) is 5.11 Å². The fourth-order valence-corrected chi connectivity index (χ4v) is 2.43. The van der Waals surface area contributed by atoms with Gasteiger partial charge in [-0.05, 0) is 25.7 Å². The van der Waals surface area contributed by atoms with Gasteiger partial charge in [0.2, 0.25) is 0 Å². The van der Waals surface area contributed by atoms with E-state index in [-0.39, 0.29) is 17.6 Å². The molecule has 0 aromatic rings. The Labute approximate surface area is 98.1 Å². The van der Waals surface area contributed by atoms with E-state index >= 15 is 0 Å². The van der Waals surface area contributed by atoms with E-state index in [0.29, 0.717) is 12.7 Å². The number of hydrogen-bond acceptors (Lipinski definition) is 3. The smallest absolute Gasteiger partial charge is 0.0707 e. The largest absolute Gasteiger partial charge is 0.396 e. The van der Waals surface area contributed by atoms with Crippen molar-refractivity contribution in [3.8, 4) is 0 Å². The van der Waals surface area contributed by atoms with Crippen molar-refractivity contribution in [3.05, 3.63) is 0 Å². The molecular weight excluding hydrogens is 204 g/mol. The van der Waals surface area contributed by atoms with Crippen molar-refractivity contribution in [3.63, 3.8) is 0 Å². The van der Waals surface area contributed by atoms with Crippen molar-refractivity contribution in [2.45, 2.75) is 57.7 Å². The van der Waals surface area contributed by atoms with Crippen LogP contribution in [0.3, 0.4) is 0 Å². The van der Waals surface area contributed by atoms with E-state index in [0.717, 1.165) is 19.4 Å². The Morgan fingerprint density at radius 3 is 2.75 bits per heavy atom. The highest BCUT2D eigenvalue weighted by Crippen LogP contribution is 2.43. The van der Waals surface area contributed by atoms with Gasteiger partial charge in [-0.25, -0.2) is 0 Å². The summed E-state index contributed by atoms with van der Waals surface area (Å²) in [5.41, 5.74) is 0.0390. The van der Waals surface area contributed by atoms with Crippen LogP contribution in [0.15, 0.2) is 0 Å². The van der Waals surface area contributed by atoms with Crippen LogP contribution in [-0.4, -0.2) is 36.6 Å². The fourth-order valence-electron chi connectivity index (χ4n) is 2.43. The number of hydrogen-bond donors (Lipinski definition) is 1. The van der Waals surface area contributed by atoms with Crippen molar-refractivity contribution >= 4 is 0 Å². The van der Waals surface area contributed by atoms with Gasteiger partial charge in [0.15, 0.2) is 0 Å². The summed E-state index contributed by atoms with van der Waals surface area (Å²) in [7, 11) is 0. The standard InChI is InChI=1S/C13H24O3/c1-12(2,9-14)10-15-11-4-7-16-13(8-11)5-3-6-13/h11,14H,3-10H2,1-2H3. The summed E-state index contributed by atoms with van der Waals surface area (Å²) >= 11 is 0. The van der Waals surface area contributed by atoms with E-state index in [2.05, 4.69) is 0 Å². The normalized spacial score (nSPS) is 29.1. The number of rotatable bonds is 4. The molecule has 1 aliphatic carbocycles. The average Bonchev–Trinajstić information content (AvgIpc) is 2.25. The minimum absolute atomic E-state index is 0.120. The zero-order valence-corrected chi connectivity index (χ0v) is 10.5. The quantitative estimate of drug-likeness (QED) is 0.801. The first-order chi connectivity index (χ1) is 7.55. The summed E-state index contributed by atoms with van der Waals surface area (Å²) in [5, 5.41) is 9.18. The van der Waals surface area contributed by atoms with Gasteiger partial charge in [0.05, 0.1) is 24.9 Å². The molecule has 3 nitrogen and oxygen atoms in total. The Kier molecular flexibility index (Phi) is 3.57. The highest BCUT2D eigenvalue weighted by Gasteiger charge is 2.43. The number of ether oxygens (including phenoxy) is 2. The first-order valence-corrected chi connectivity index (χ1v) is 6.42. The molecule has 3 heteroatoms. The molecule has 16 heavy (non-hydrogen) atoms. The van der Waals surface area contributed by atoms with Gasteiger partial charge in [-0.1, -0.05) is 13.8 Å². The number of aliphatic hydroxyl groups excluding tert-OH is 1. The first-order valence-electron chi connectivity index (χ1n) is 6.42. The van der Waals surface area contributed by atoms with Gasteiger partial charge in [0, 0.05) is 18.4 Å². The Balaban J connectivity index is 1.77. The summed E-state index contributed by atoms with van der Waals surface area (Å²) in [5.74, 6) is 0. The second-order valence-electron chi connectivity index (χ2n) is 6.13. The van der Waals surface area contributed by atoms with Crippen molar-refractivity contribution in [1.29, 1.82) is 0 Å². The van der Waals surface area contributed by atoms with Gasteiger partial charge in [0.25, 0.3) is 0 Å². The molecule has 1 heterocycles. The van der Waals surface area contributed by atoms with Crippen LogP contribution in [0.2, 0.25) is 0 Å². The first kappa shape index (κ1) is 12.3. The van der Waals surface area contributed by atoms with Crippen LogP contribution in [0.5, 0.6) is 0 Å². The monoisotopic (exact) mass is 228 g/mol. The van der Waals surface area contributed by atoms with Crippen LogP contribution < -0.4 is 0 Å². The number of aliphatic hydroxyl groups is 1. The van der Waals surface area contributed by atoms with Crippen LogP contribution >= 0.6 is 0 Å². The van der Waals surface area contributed by atoms with Gasteiger partial charge in [-0.15, -0.1) is 0 Å². The molecule has 1 saturated carbocycles. The van der Waals surface area contributed by atoms with Crippen molar-refractivity contribution in [1.82, 2.24) is 0 Å². The molecular formula is C13H24O3. The minimum atomic E-state index is -0.120. The Hall–Kier alpha value is -0.120. The van der Waals surface area contributed by atoms with Crippen molar-refractivity contribution < 1.29 is 14.6 Å². The van der Waals surface area contributed by atoms with Crippen LogP contribution in [0.25, 0.3) is 0 Å². The van der Waals surface area contributed by atoms with E-state index in [1.54, 1.807) is 0 Å². The molecule has 0 radical (unpaired) electrons. The van der Waals surface area contributed by atoms with Crippen LogP contribution in [0.1, 0.15) is 46.0 Å². The van der Waals surface area contributed by atoms with E-state index in [4.69, 9.17) is 9.47 Å². The maximum absolute atomic E-state index is 9.18. The molecule has 0 amide bonds. The fraction of sp³-hybridized carbons (Fsp3) is 1.00. The molecule has 2 aliphatic rings. The lowest BCUT2D eigenvalue weighted by Crippen LogP contribution is -2.48. The minimum Gasteiger partial charge on any atom is -0.396 e. The summed E-state index contributed by atoms with van der Waals surface area (Å²) in [6, 6.07) is 0. The predicted molar refractivity (Wildman–Crippen MR) is 62.4 cm³/mol. The lowest BCUT2D eigenvalue weighted by Gasteiger charge is -2.47. The van der Waals surface area contributed by atoms with Crippen LogP contribution in [0, 0.1) is 5.41 Å². The lowest BCUT2D eigenvalue weighted by atomic mass is 9.74.